The van der Waals surface area contributed by atoms with Gasteiger partial charge in [0.15, 0.2) is 0 Å². The van der Waals surface area contributed by atoms with Crippen LogP contribution in [0.2, 0.25) is 10.0 Å². The zero-order chi connectivity index (χ0) is 26.3. The number of rotatable bonds is 11. The summed E-state index contributed by atoms with van der Waals surface area (Å²) in [6.45, 7) is 5.47. The number of nitrogens with one attached hydrogen (secondary N) is 1. The lowest BCUT2D eigenvalue weighted by Gasteiger charge is -2.33. The molecule has 0 bridgehead atoms. The molecule has 1 atom stereocenters. The molecule has 2 aromatic rings. The summed E-state index contributed by atoms with van der Waals surface area (Å²) in [7, 11) is -3.93. The van der Waals surface area contributed by atoms with Crippen molar-refractivity contribution >= 4 is 50.7 Å². The lowest BCUT2D eigenvalue weighted by atomic mass is 10.1. The van der Waals surface area contributed by atoms with E-state index >= 15 is 0 Å². The molecule has 2 rings (SSSR count). The van der Waals surface area contributed by atoms with Gasteiger partial charge in [0, 0.05) is 18.1 Å². The first-order valence-corrected chi connectivity index (χ1v) is 13.7. The van der Waals surface area contributed by atoms with Crippen LogP contribution in [-0.2, 0) is 26.2 Å². The number of amides is 2. The molecule has 0 saturated heterocycles. The van der Waals surface area contributed by atoms with Crippen LogP contribution in [0.25, 0.3) is 0 Å². The summed E-state index contributed by atoms with van der Waals surface area (Å²) < 4.78 is 39.5. The van der Waals surface area contributed by atoms with Crippen LogP contribution >= 0.6 is 23.2 Å². The van der Waals surface area contributed by atoms with E-state index in [-0.39, 0.29) is 35.5 Å². The topological polar surface area (TPSA) is 86.8 Å². The van der Waals surface area contributed by atoms with Crippen molar-refractivity contribution in [1.82, 2.24) is 10.2 Å². The van der Waals surface area contributed by atoms with Crippen molar-refractivity contribution in [2.24, 2.45) is 5.92 Å². The van der Waals surface area contributed by atoms with E-state index in [0.29, 0.717) is 17.1 Å². The number of carbonyl (C=O) groups is 2. The maximum atomic E-state index is 13.6. The summed E-state index contributed by atoms with van der Waals surface area (Å²) in [5.41, 5.74) is 0.677. The van der Waals surface area contributed by atoms with Crippen LogP contribution in [-0.4, -0.2) is 50.5 Å². The Kier molecular flexibility index (Phi) is 10.4. The van der Waals surface area contributed by atoms with Gasteiger partial charge in [0.05, 0.1) is 17.0 Å². The van der Waals surface area contributed by atoms with Crippen LogP contribution < -0.4 is 9.62 Å². The number of carbonyl (C=O) groups excluding carboxylic acids is 2. The lowest BCUT2D eigenvalue weighted by Crippen LogP contribution is -2.52. The third-order valence-electron chi connectivity index (χ3n) is 5.19. The van der Waals surface area contributed by atoms with Gasteiger partial charge in [-0.3, -0.25) is 13.9 Å². The lowest BCUT2D eigenvalue weighted by molar-refractivity contribution is -0.140. The average Bonchev–Trinajstić information content (AvgIpc) is 2.76. The molecule has 11 heteroatoms. The molecular formula is C24H30Cl2FN3O4S. The van der Waals surface area contributed by atoms with Gasteiger partial charge in [-0.1, -0.05) is 56.1 Å². The molecule has 1 N–H and O–H groups in total. The molecular weight excluding hydrogens is 516 g/mol. The van der Waals surface area contributed by atoms with E-state index < -0.39 is 34.3 Å². The highest BCUT2D eigenvalue weighted by atomic mass is 35.5. The second-order valence-corrected chi connectivity index (χ2v) is 11.3. The van der Waals surface area contributed by atoms with Gasteiger partial charge in [-0.05, 0) is 48.2 Å². The smallest absolute Gasteiger partial charge is 0.244 e. The molecule has 0 spiro atoms. The summed E-state index contributed by atoms with van der Waals surface area (Å²) in [5, 5.41) is 3.20. The summed E-state index contributed by atoms with van der Waals surface area (Å²) in [6.07, 6.45) is 1.25. The third-order valence-corrected chi connectivity index (χ3v) is 6.86. The van der Waals surface area contributed by atoms with Crippen LogP contribution in [0.4, 0.5) is 10.1 Å². The molecule has 7 nitrogen and oxygen atoms in total. The first-order chi connectivity index (χ1) is 16.3. The zero-order valence-corrected chi connectivity index (χ0v) is 22.4. The minimum absolute atomic E-state index is 0.0152. The van der Waals surface area contributed by atoms with Gasteiger partial charge in [-0.2, -0.15) is 0 Å². The van der Waals surface area contributed by atoms with Gasteiger partial charge >= 0.3 is 0 Å². The van der Waals surface area contributed by atoms with Crippen LogP contribution in [0.1, 0.15) is 32.8 Å². The third kappa shape index (κ3) is 8.37. The molecule has 2 amide bonds. The van der Waals surface area contributed by atoms with Gasteiger partial charge in [0.1, 0.15) is 18.4 Å². The van der Waals surface area contributed by atoms with Gasteiger partial charge < -0.3 is 10.2 Å². The van der Waals surface area contributed by atoms with E-state index in [1.165, 1.54) is 47.4 Å². The average molecular weight is 546 g/mol. The van der Waals surface area contributed by atoms with Crippen LogP contribution in [0.5, 0.6) is 0 Å². The number of hydrogen-bond acceptors (Lipinski definition) is 4. The zero-order valence-electron chi connectivity index (χ0n) is 20.1. The van der Waals surface area contributed by atoms with Gasteiger partial charge in [0.25, 0.3) is 0 Å². The molecule has 0 unspecified atom stereocenters. The summed E-state index contributed by atoms with van der Waals surface area (Å²) in [4.78, 5) is 27.9. The standard InChI is InChI=1S/C24H30Cl2FN3O4S/c1-5-21(24(32)28-13-16(2)3)29(14-17-6-9-19(27)10-7-17)23(31)15-30(35(4,33)34)22-11-8-18(25)12-20(22)26/h6-12,16,21H,5,13-15H2,1-4H3,(H,28,32)/t21-/m1/s1. The maximum absolute atomic E-state index is 13.6. The highest BCUT2D eigenvalue weighted by Gasteiger charge is 2.32. The Morgan fingerprint density at radius 2 is 1.71 bits per heavy atom. The fourth-order valence-corrected chi connectivity index (χ4v) is 4.83. The Morgan fingerprint density at radius 1 is 1.09 bits per heavy atom. The summed E-state index contributed by atoms with van der Waals surface area (Å²) in [6, 6.07) is 8.94. The molecule has 35 heavy (non-hydrogen) atoms. The largest absolute Gasteiger partial charge is 0.354 e. The summed E-state index contributed by atoms with van der Waals surface area (Å²) in [5.74, 6) is -1.20. The summed E-state index contributed by atoms with van der Waals surface area (Å²) >= 11 is 12.2. The molecule has 192 valence electrons. The van der Waals surface area contributed by atoms with E-state index in [2.05, 4.69) is 5.32 Å². The molecule has 2 aromatic carbocycles. The van der Waals surface area contributed by atoms with E-state index in [4.69, 9.17) is 23.2 Å². The van der Waals surface area contributed by atoms with Crippen molar-refractivity contribution in [3.05, 3.63) is 63.9 Å². The fraction of sp³-hybridized carbons (Fsp3) is 0.417. The maximum Gasteiger partial charge on any atom is 0.244 e. The minimum Gasteiger partial charge on any atom is -0.354 e. The number of halogens is 3. The van der Waals surface area contributed by atoms with Crippen molar-refractivity contribution in [2.45, 2.75) is 39.8 Å². The van der Waals surface area contributed by atoms with Gasteiger partial charge in [-0.25, -0.2) is 12.8 Å². The highest BCUT2D eigenvalue weighted by molar-refractivity contribution is 7.92. The van der Waals surface area contributed by atoms with E-state index in [9.17, 15) is 22.4 Å². The molecule has 0 aliphatic carbocycles. The van der Waals surface area contributed by atoms with Crippen molar-refractivity contribution in [3.63, 3.8) is 0 Å². The molecule has 0 aromatic heterocycles. The Morgan fingerprint density at radius 3 is 2.23 bits per heavy atom. The van der Waals surface area contributed by atoms with Crippen LogP contribution in [0.3, 0.4) is 0 Å². The van der Waals surface area contributed by atoms with E-state index in [1.807, 2.05) is 13.8 Å². The Bertz CT molecular complexity index is 1140. The van der Waals surface area contributed by atoms with Crippen LogP contribution in [0, 0.1) is 11.7 Å². The van der Waals surface area contributed by atoms with E-state index in [1.54, 1.807) is 6.92 Å². The number of anilines is 1. The number of nitrogens with zero attached hydrogens (tertiary/aromatic N) is 2. The second kappa shape index (κ2) is 12.6. The number of hydrogen-bond donors (Lipinski definition) is 1. The van der Waals surface area contributed by atoms with Gasteiger partial charge in [-0.15, -0.1) is 0 Å². The van der Waals surface area contributed by atoms with Crippen LogP contribution in [0.15, 0.2) is 42.5 Å². The highest BCUT2D eigenvalue weighted by Crippen LogP contribution is 2.30. The number of benzene rings is 2. The number of sulfonamides is 1. The van der Waals surface area contributed by atoms with Crippen molar-refractivity contribution < 1.29 is 22.4 Å². The Labute approximate surface area is 216 Å². The van der Waals surface area contributed by atoms with Crippen molar-refractivity contribution in [3.8, 4) is 0 Å². The predicted molar refractivity (Wildman–Crippen MR) is 138 cm³/mol. The van der Waals surface area contributed by atoms with Crippen molar-refractivity contribution in [1.29, 1.82) is 0 Å². The monoisotopic (exact) mass is 545 g/mol. The van der Waals surface area contributed by atoms with Crippen molar-refractivity contribution in [2.75, 3.05) is 23.7 Å². The Hall–Kier alpha value is -2.36. The minimum atomic E-state index is -3.93. The normalized spacial score (nSPS) is 12.3. The molecule has 0 saturated carbocycles. The first kappa shape index (κ1) is 28.9. The predicted octanol–water partition coefficient (Wildman–Crippen LogP) is 4.48. The first-order valence-electron chi connectivity index (χ1n) is 11.1. The molecule has 0 fully saturated rings. The molecule has 0 radical (unpaired) electrons. The molecule has 0 aliphatic heterocycles. The molecule has 0 heterocycles. The van der Waals surface area contributed by atoms with Gasteiger partial charge in [0.2, 0.25) is 21.8 Å². The molecule has 0 aliphatic rings. The fourth-order valence-electron chi connectivity index (χ4n) is 3.41. The van der Waals surface area contributed by atoms with E-state index in [0.717, 1.165) is 10.6 Å². The quantitative estimate of drug-likeness (QED) is 0.451. The second-order valence-electron chi connectivity index (χ2n) is 8.58. The SMILES string of the molecule is CC[C@H](C(=O)NCC(C)C)N(Cc1ccc(F)cc1)C(=O)CN(c1ccc(Cl)cc1Cl)S(C)(=O)=O. The Balaban J connectivity index is 2.44.